The van der Waals surface area contributed by atoms with Gasteiger partial charge in [0, 0.05) is 11.7 Å². The Labute approximate surface area is 162 Å². The van der Waals surface area contributed by atoms with Crippen LogP contribution >= 0.6 is 11.8 Å². The Morgan fingerprint density at radius 3 is 2.59 bits per heavy atom. The number of carbonyl (C=O) groups excluding carboxylic acids is 1. The third kappa shape index (κ3) is 4.14. The van der Waals surface area contributed by atoms with E-state index in [0.717, 1.165) is 29.8 Å². The summed E-state index contributed by atoms with van der Waals surface area (Å²) in [7, 11) is 1.64. The zero-order valence-corrected chi connectivity index (χ0v) is 15.7. The average Bonchev–Trinajstić information content (AvgIpc) is 3.40. The lowest BCUT2D eigenvalue weighted by molar-refractivity contribution is -0.120. The third-order valence-corrected chi connectivity index (χ3v) is 5.57. The van der Waals surface area contributed by atoms with Crippen molar-refractivity contribution < 1.29 is 9.53 Å². The number of methoxy groups -OCH3 is 1. The number of hydrogen-bond acceptors (Lipinski definition) is 5. The van der Waals surface area contributed by atoms with Crippen LogP contribution in [0.3, 0.4) is 0 Å². The maximum Gasteiger partial charge on any atom is 0.238 e. The zero-order chi connectivity index (χ0) is 18.6. The van der Waals surface area contributed by atoms with Gasteiger partial charge >= 0.3 is 0 Å². The van der Waals surface area contributed by atoms with Crippen molar-refractivity contribution >= 4 is 17.7 Å². The molecule has 0 spiro atoms. The fourth-order valence-electron chi connectivity index (χ4n) is 2.74. The van der Waals surface area contributed by atoms with Gasteiger partial charge in [0.1, 0.15) is 17.3 Å². The summed E-state index contributed by atoms with van der Waals surface area (Å²) in [6.07, 6.45) is 3.77. The van der Waals surface area contributed by atoms with Crippen molar-refractivity contribution in [3.8, 4) is 11.4 Å². The van der Waals surface area contributed by atoms with Gasteiger partial charge in [-0.25, -0.2) is 0 Å². The smallest absolute Gasteiger partial charge is 0.238 e. The summed E-state index contributed by atoms with van der Waals surface area (Å²) >= 11 is 1.40. The second-order valence-electron chi connectivity index (χ2n) is 6.37. The highest BCUT2D eigenvalue weighted by Gasteiger charge is 2.30. The molecule has 4 rings (SSSR count). The van der Waals surface area contributed by atoms with Crippen LogP contribution < -0.4 is 10.1 Å². The van der Waals surface area contributed by atoms with Gasteiger partial charge < -0.3 is 10.1 Å². The second-order valence-corrected chi connectivity index (χ2v) is 7.45. The Kier molecular flexibility index (Phi) is 5.11. The fourth-order valence-corrected chi connectivity index (χ4v) is 3.77. The van der Waals surface area contributed by atoms with E-state index in [2.05, 4.69) is 15.5 Å². The van der Waals surface area contributed by atoms with Crippen LogP contribution in [0.1, 0.15) is 23.7 Å². The zero-order valence-electron chi connectivity index (χ0n) is 14.9. The highest BCUT2D eigenvalue weighted by molar-refractivity contribution is 8.00. The molecule has 1 aliphatic rings. The van der Waals surface area contributed by atoms with Crippen molar-refractivity contribution in [1.82, 2.24) is 20.1 Å². The van der Waals surface area contributed by atoms with E-state index in [-0.39, 0.29) is 11.2 Å². The normalized spacial score (nSPS) is 14.6. The average molecular weight is 380 g/mol. The van der Waals surface area contributed by atoms with E-state index in [9.17, 15) is 4.79 Å². The number of benzene rings is 2. The Hall–Kier alpha value is -2.80. The molecule has 1 fully saturated rings. The molecule has 1 amide bonds. The molecule has 6 nitrogen and oxygen atoms in total. The van der Waals surface area contributed by atoms with E-state index in [0.29, 0.717) is 11.2 Å². The minimum absolute atomic E-state index is 0.0120. The molecule has 27 heavy (non-hydrogen) atoms. The van der Waals surface area contributed by atoms with E-state index in [4.69, 9.17) is 4.74 Å². The van der Waals surface area contributed by atoms with Crippen LogP contribution in [-0.2, 0) is 4.79 Å². The Morgan fingerprint density at radius 2 is 1.93 bits per heavy atom. The molecule has 0 bridgehead atoms. The van der Waals surface area contributed by atoms with Gasteiger partial charge in [-0.3, -0.25) is 9.36 Å². The number of hydrogen-bond donors (Lipinski definition) is 1. The van der Waals surface area contributed by atoms with E-state index >= 15 is 0 Å². The number of nitrogens with zero attached hydrogens (tertiary/aromatic N) is 3. The van der Waals surface area contributed by atoms with E-state index < -0.39 is 0 Å². The molecule has 0 unspecified atom stereocenters. The standard InChI is InChI=1S/C20H20N4O2S/c1-26-17-11-9-16(10-12-17)24-13-21-23-20(24)27-18(14-5-3-2-4-6-14)19(25)22-15-7-8-15/h2-6,9-13,15,18H,7-8H2,1H3,(H,22,25)/t18-/m0/s1. The minimum atomic E-state index is -0.381. The van der Waals surface area contributed by atoms with Crippen LogP contribution in [0.25, 0.3) is 5.69 Å². The van der Waals surface area contributed by atoms with Gasteiger partial charge in [0.05, 0.1) is 7.11 Å². The van der Waals surface area contributed by atoms with Crippen molar-refractivity contribution in [2.75, 3.05) is 7.11 Å². The van der Waals surface area contributed by atoms with E-state index in [1.54, 1.807) is 13.4 Å². The van der Waals surface area contributed by atoms with E-state index in [1.165, 1.54) is 11.8 Å². The number of nitrogens with one attached hydrogen (secondary N) is 1. The quantitative estimate of drug-likeness (QED) is 0.637. The molecule has 0 aliphatic heterocycles. The van der Waals surface area contributed by atoms with Crippen molar-refractivity contribution in [2.45, 2.75) is 29.3 Å². The minimum Gasteiger partial charge on any atom is -0.497 e. The van der Waals surface area contributed by atoms with Crippen LogP contribution in [-0.4, -0.2) is 33.8 Å². The van der Waals surface area contributed by atoms with Crippen LogP contribution in [0.15, 0.2) is 66.1 Å². The molecule has 7 heteroatoms. The summed E-state index contributed by atoms with van der Waals surface area (Å²) < 4.78 is 7.09. The van der Waals surface area contributed by atoms with Gasteiger partial charge in [-0.05, 0) is 42.7 Å². The number of ether oxygens (including phenoxy) is 1. The first-order valence-electron chi connectivity index (χ1n) is 8.81. The highest BCUT2D eigenvalue weighted by Crippen LogP contribution is 2.36. The molecule has 1 atom stereocenters. The molecule has 2 aromatic carbocycles. The lowest BCUT2D eigenvalue weighted by Crippen LogP contribution is -2.29. The Morgan fingerprint density at radius 1 is 1.19 bits per heavy atom. The highest BCUT2D eigenvalue weighted by atomic mass is 32.2. The number of rotatable bonds is 7. The number of aromatic nitrogens is 3. The topological polar surface area (TPSA) is 69.0 Å². The van der Waals surface area contributed by atoms with Crippen molar-refractivity contribution in [2.24, 2.45) is 0 Å². The van der Waals surface area contributed by atoms with Crippen molar-refractivity contribution in [3.63, 3.8) is 0 Å². The molecule has 3 aromatic rings. The third-order valence-electron chi connectivity index (χ3n) is 4.35. The Balaban J connectivity index is 1.61. The first-order valence-corrected chi connectivity index (χ1v) is 9.69. The van der Waals surface area contributed by atoms with Crippen LogP contribution in [0.5, 0.6) is 5.75 Å². The molecular weight excluding hydrogens is 360 g/mol. The first kappa shape index (κ1) is 17.6. The summed E-state index contributed by atoms with van der Waals surface area (Å²) in [4.78, 5) is 12.8. The predicted molar refractivity (Wildman–Crippen MR) is 104 cm³/mol. The fraction of sp³-hybridized carbons (Fsp3) is 0.250. The Bertz CT molecular complexity index is 907. The number of amides is 1. The number of thioether (sulfide) groups is 1. The molecule has 1 saturated carbocycles. The molecule has 1 N–H and O–H groups in total. The maximum atomic E-state index is 12.8. The monoisotopic (exact) mass is 380 g/mol. The SMILES string of the molecule is COc1ccc(-n2cnnc2S[C@H](C(=O)NC2CC2)c2ccccc2)cc1. The number of carbonyl (C=O) groups is 1. The lowest BCUT2D eigenvalue weighted by Gasteiger charge is -2.17. The van der Waals surface area contributed by atoms with Crippen LogP contribution in [0, 0.1) is 0 Å². The van der Waals surface area contributed by atoms with Gasteiger partial charge in [-0.2, -0.15) is 0 Å². The van der Waals surface area contributed by atoms with Gasteiger partial charge in [-0.1, -0.05) is 42.1 Å². The molecule has 138 valence electrons. The summed E-state index contributed by atoms with van der Waals surface area (Å²) in [5, 5.41) is 11.7. The summed E-state index contributed by atoms with van der Waals surface area (Å²) in [5.41, 5.74) is 1.86. The first-order chi connectivity index (χ1) is 13.2. The molecule has 0 saturated heterocycles. The molecule has 1 aromatic heterocycles. The van der Waals surface area contributed by atoms with Gasteiger partial charge in [0.25, 0.3) is 0 Å². The summed E-state index contributed by atoms with van der Waals surface area (Å²) in [5.74, 6) is 0.796. The van der Waals surface area contributed by atoms with E-state index in [1.807, 2.05) is 59.2 Å². The summed E-state index contributed by atoms with van der Waals surface area (Å²) in [6.45, 7) is 0. The predicted octanol–water partition coefficient (Wildman–Crippen LogP) is 3.39. The van der Waals surface area contributed by atoms with Crippen molar-refractivity contribution in [3.05, 3.63) is 66.5 Å². The van der Waals surface area contributed by atoms with Gasteiger partial charge in [-0.15, -0.1) is 10.2 Å². The molecule has 1 heterocycles. The maximum absolute atomic E-state index is 12.8. The van der Waals surface area contributed by atoms with Crippen LogP contribution in [0.2, 0.25) is 0 Å². The lowest BCUT2D eigenvalue weighted by atomic mass is 10.1. The van der Waals surface area contributed by atoms with Crippen molar-refractivity contribution in [1.29, 1.82) is 0 Å². The van der Waals surface area contributed by atoms with Crippen LogP contribution in [0.4, 0.5) is 0 Å². The second kappa shape index (κ2) is 7.84. The molecular formula is C20H20N4O2S. The molecule has 1 aliphatic carbocycles. The largest absolute Gasteiger partial charge is 0.497 e. The van der Waals surface area contributed by atoms with Gasteiger partial charge in [0.15, 0.2) is 5.16 Å². The molecule has 0 radical (unpaired) electrons. The van der Waals surface area contributed by atoms with Gasteiger partial charge in [0.2, 0.25) is 5.91 Å². The summed E-state index contributed by atoms with van der Waals surface area (Å²) in [6, 6.07) is 17.7.